The highest BCUT2D eigenvalue weighted by molar-refractivity contribution is 7.86. The first kappa shape index (κ1) is 14.8. The summed E-state index contributed by atoms with van der Waals surface area (Å²) in [5, 5.41) is -1.11. The van der Waals surface area contributed by atoms with Gasteiger partial charge in [0.1, 0.15) is 5.37 Å². The van der Waals surface area contributed by atoms with Crippen molar-refractivity contribution in [1.29, 1.82) is 0 Å². The third-order valence-corrected chi connectivity index (χ3v) is 7.08. The van der Waals surface area contributed by atoms with Gasteiger partial charge in [0.2, 0.25) is 0 Å². The molecule has 4 fully saturated rings. The van der Waals surface area contributed by atoms with E-state index in [4.69, 9.17) is 10.3 Å². The van der Waals surface area contributed by atoms with E-state index in [1.54, 1.807) is 0 Å². The number of hydrogen-bond donors (Lipinski definition) is 2. The molecule has 0 aromatic carbocycles. The van der Waals surface area contributed by atoms with Gasteiger partial charge in [-0.1, -0.05) is 13.8 Å². The smallest absolute Gasteiger partial charge is 0.280 e. The number of hydrogen-bond acceptors (Lipinski definition) is 3. The Hall–Kier alpha value is -0.130. The van der Waals surface area contributed by atoms with Gasteiger partial charge in [0.15, 0.2) is 0 Å². The quantitative estimate of drug-likeness (QED) is 0.782. The molecule has 4 saturated carbocycles. The third kappa shape index (κ3) is 2.53. The van der Waals surface area contributed by atoms with Crippen LogP contribution in [0.15, 0.2) is 0 Å². The van der Waals surface area contributed by atoms with Gasteiger partial charge in [-0.15, -0.1) is 0 Å². The van der Waals surface area contributed by atoms with Crippen molar-refractivity contribution < 1.29 is 13.0 Å². The predicted octanol–water partition coefficient (Wildman–Crippen LogP) is 2.94. The maximum Gasteiger partial charge on any atom is 0.280 e. The minimum absolute atomic E-state index is 0.269. The SMILES string of the molecule is CC12CC3CC(C)(C1)CC(CCC(N)S(=O)(=O)O)(C3)C2. The van der Waals surface area contributed by atoms with Crippen LogP contribution in [0, 0.1) is 22.2 Å². The van der Waals surface area contributed by atoms with E-state index in [1.807, 2.05) is 0 Å². The third-order valence-electron chi connectivity index (χ3n) is 6.08. The lowest BCUT2D eigenvalue weighted by Gasteiger charge is -2.65. The second-order valence-electron chi connectivity index (χ2n) is 8.72. The van der Waals surface area contributed by atoms with Crippen molar-refractivity contribution in [3.8, 4) is 0 Å². The predicted molar refractivity (Wildman–Crippen MR) is 78.6 cm³/mol. The first-order valence-corrected chi connectivity index (χ1v) is 9.26. The van der Waals surface area contributed by atoms with E-state index in [0.29, 0.717) is 17.3 Å². The van der Waals surface area contributed by atoms with Gasteiger partial charge in [-0.3, -0.25) is 4.55 Å². The van der Waals surface area contributed by atoms with Crippen molar-refractivity contribution in [3.63, 3.8) is 0 Å². The minimum atomic E-state index is -4.09. The van der Waals surface area contributed by atoms with Gasteiger partial charge in [-0.25, -0.2) is 0 Å². The molecule has 5 heteroatoms. The van der Waals surface area contributed by atoms with E-state index in [-0.39, 0.29) is 5.41 Å². The lowest BCUT2D eigenvalue weighted by molar-refractivity contribution is -0.148. The van der Waals surface area contributed by atoms with E-state index in [1.165, 1.54) is 38.5 Å². The fourth-order valence-corrected chi connectivity index (χ4v) is 6.98. The molecule has 0 spiro atoms. The zero-order valence-corrected chi connectivity index (χ0v) is 13.4. The van der Waals surface area contributed by atoms with Crippen molar-refractivity contribution in [2.45, 2.75) is 70.6 Å². The highest BCUT2D eigenvalue weighted by atomic mass is 32.2. The maximum absolute atomic E-state index is 11.1. The summed E-state index contributed by atoms with van der Waals surface area (Å²) >= 11 is 0. The van der Waals surface area contributed by atoms with Gasteiger partial charge in [0.25, 0.3) is 10.1 Å². The summed E-state index contributed by atoms with van der Waals surface area (Å²) in [4.78, 5) is 0. The van der Waals surface area contributed by atoms with E-state index in [0.717, 1.165) is 12.3 Å². The molecule has 116 valence electrons. The molecule has 0 aromatic rings. The fraction of sp³-hybridized carbons (Fsp3) is 1.00. The molecule has 0 saturated heterocycles. The minimum Gasteiger partial charge on any atom is -0.313 e. The van der Waals surface area contributed by atoms with Gasteiger partial charge >= 0.3 is 0 Å². The molecule has 0 aromatic heterocycles. The molecule has 0 heterocycles. The van der Waals surface area contributed by atoms with Crippen molar-refractivity contribution in [3.05, 3.63) is 0 Å². The Labute approximate surface area is 122 Å². The lowest BCUT2D eigenvalue weighted by Crippen LogP contribution is -2.55. The van der Waals surface area contributed by atoms with Crippen molar-refractivity contribution in [2.75, 3.05) is 0 Å². The topological polar surface area (TPSA) is 80.4 Å². The zero-order valence-electron chi connectivity index (χ0n) is 12.6. The number of nitrogens with two attached hydrogens (primary N) is 1. The molecule has 0 aliphatic heterocycles. The highest BCUT2D eigenvalue weighted by Crippen LogP contribution is 2.70. The molecular formula is C15H27NO3S. The molecule has 3 N–H and O–H groups in total. The Morgan fingerprint density at radius 2 is 1.70 bits per heavy atom. The van der Waals surface area contributed by atoms with Crippen LogP contribution < -0.4 is 5.73 Å². The summed E-state index contributed by atoms with van der Waals surface area (Å²) in [6.45, 7) is 4.82. The average Bonchev–Trinajstić information content (AvgIpc) is 2.19. The molecule has 4 aliphatic carbocycles. The largest absolute Gasteiger partial charge is 0.313 e. The molecule has 0 radical (unpaired) electrons. The summed E-state index contributed by atoms with van der Waals surface area (Å²) in [6.07, 6.45) is 8.89. The van der Waals surface area contributed by atoms with Crippen LogP contribution in [0.1, 0.15) is 65.2 Å². The summed E-state index contributed by atoms with van der Waals surface area (Å²) in [5.74, 6) is 0.809. The standard InChI is InChI=1S/C15H27NO3S/c1-13-5-11-6-14(2,8-13)10-15(7-11,9-13)4-3-12(16)20(17,18)19/h11-12H,3-10,16H2,1-2H3,(H,17,18,19). The van der Waals surface area contributed by atoms with Gasteiger partial charge in [-0.05, 0) is 73.5 Å². The van der Waals surface area contributed by atoms with E-state index in [9.17, 15) is 8.42 Å². The molecule has 4 bridgehead atoms. The maximum atomic E-state index is 11.1. The molecule has 3 unspecified atom stereocenters. The summed E-state index contributed by atoms with van der Waals surface area (Å²) < 4.78 is 31.3. The zero-order chi connectivity index (χ0) is 14.8. The van der Waals surface area contributed by atoms with Crippen molar-refractivity contribution in [2.24, 2.45) is 27.9 Å². The normalized spacial score (nSPS) is 48.5. The number of rotatable bonds is 4. The van der Waals surface area contributed by atoms with Gasteiger partial charge in [0, 0.05) is 0 Å². The van der Waals surface area contributed by atoms with Gasteiger partial charge in [0.05, 0.1) is 0 Å². The Kier molecular flexibility index (Phi) is 3.11. The van der Waals surface area contributed by atoms with Gasteiger partial charge in [-0.2, -0.15) is 8.42 Å². The first-order valence-electron chi connectivity index (χ1n) is 7.75. The molecular weight excluding hydrogens is 274 g/mol. The molecule has 3 atom stereocenters. The van der Waals surface area contributed by atoms with Crippen LogP contribution in [0.4, 0.5) is 0 Å². The highest BCUT2D eigenvalue weighted by Gasteiger charge is 2.59. The molecule has 0 amide bonds. The molecule has 4 nitrogen and oxygen atoms in total. The molecule has 4 aliphatic rings. The van der Waals surface area contributed by atoms with E-state index >= 15 is 0 Å². The average molecular weight is 301 g/mol. The van der Waals surface area contributed by atoms with Crippen molar-refractivity contribution >= 4 is 10.1 Å². The Morgan fingerprint density at radius 3 is 2.15 bits per heavy atom. The van der Waals surface area contributed by atoms with Crippen LogP contribution >= 0.6 is 0 Å². The van der Waals surface area contributed by atoms with E-state index in [2.05, 4.69) is 13.8 Å². The fourth-order valence-electron chi connectivity index (χ4n) is 6.56. The monoisotopic (exact) mass is 301 g/mol. The summed E-state index contributed by atoms with van der Waals surface area (Å²) in [5.41, 5.74) is 6.76. The Morgan fingerprint density at radius 1 is 1.15 bits per heavy atom. The molecule has 4 rings (SSSR count). The summed E-state index contributed by atoms with van der Waals surface area (Å²) in [7, 11) is -4.09. The molecule has 20 heavy (non-hydrogen) atoms. The van der Waals surface area contributed by atoms with Gasteiger partial charge < -0.3 is 5.73 Å². The lowest BCUT2D eigenvalue weighted by atomic mass is 9.40. The second kappa shape index (κ2) is 4.20. The Bertz CT molecular complexity index is 497. The van der Waals surface area contributed by atoms with Crippen LogP contribution in [0.2, 0.25) is 0 Å². The van der Waals surface area contributed by atoms with Crippen molar-refractivity contribution in [1.82, 2.24) is 0 Å². The van der Waals surface area contributed by atoms with Crippen LogP contribution in [0.3, 0.4) is 0 Å². The second-order valence-corrected chi connectivity index (χ2v) is 10.4. The first-order chi connectivity index (χ1) is 9.03. The summed E-state index contributed by atoms with van der Waals surface area (Å²) in [6, 6.07) is 0. The van der Waals surface area contributed by atoms with Crippen LogP contribution in [-0.4, -0.2) is 18.3 Å². The van der Waals surface area contributed by atoms with Crippen LogP contribution in [0.25, 0.3) is 0 Å². The van der Waals surface area contributed by atoms with Crippen LogP contribution in [-0.2, 0) is 10.1 Å². The van der Waals surface area contributed by atoms with Crippen LogP contribution in [0.5, 0.6) is 0 Å². The Balaban J connectivity index is 1.76. The van der Waals surface area contributed by atoms with E-state index < -0.39 is 15.5 Å².